The van der Waals surface area contributed by atoms with E-state index < -0.39 is 17.2 Å². The highest BCUT2D eigenvalue weighted by Gasteiger charge is 2.16. The monoisotopic (exact) mass is 311 g/mol. The number of nitrogens with zero attached hydrogens (tertiary/aromatic N) is 2. The fourth-order valence-electron chi connectivity index (χ4n) is 2.33. The third-order valence-corrected chi connectivity index (χ3v) is 3.61. The van der Waals surface area contributed by atoms with Gasteiger partial charge in [-0.15, -0.1) is 0 Å². The standard InChI is InChI=1S/C17H14FN3O2/c1-10-7-8-11(9-13(10)18)19-17(23)15-16(22)12-5-3-4-6-14(12)21(2)20-15/h3-9H,1-2H3,(H,19,23). The van der Waals surface area contributed by atoms with Crippen LogP contribution in [-0.4, -0.2) is 15.7 Å². The van der Waals surface area contributed by atoms with Gasteiger partial charge in [0, 0.05) is 18.1 Å². The number of nitrogens with one attached hydrogen (secondary N) is 1. The Morgan fingerprint density at radius 3 is 2.70 bits per heavy atom. The molecule has 23 heavy (non-hydrogen) atoms. The fourth-order valence-corrected chi connectivity index (χ4v) is 2.33. The number of hydrogen-bond acceptors (Lipinski definition) is 3. The molecule has 0 saturated carbocycles. The molecule has 0 aliphatic carbocycles. The summed E-state index contributed by atoms with van der Waals surface area (Å²) in [5.74, 6) is -1.10. The van der Waals surface area contributed by atoms with Crippen molar-refractivity contribution in [3.05, 3.63) is 69.8 Å². The average molecular weight is 311 g/mol. The minimum atomic E-state index is -0.667. The molecule has 0 spiro atoms. The van der Waals surface area contributed by atoms with E-state index in [0.29, 0.717) is 16.5 Å². The van der Waals surface area contributed by atoms with Gasteiger partial charge >= 0.3 is 0 Å². The number of aryl methyl sites for hydroxylation is 2. The number of para-hydroxylation sites is 1. The first-order valence-corrected chi connectivity index (χ1v) is 7.01. The Labute approximate surface area is 131 Å². The highest BCUT2D eigenvalue weighted by atomic mass is 19.1. The van der Waals surface area contributed by atoms with E-state index in [-0.39, 0.29) is 11.4 Å². The molecule has 1 N–H and O–H groups in total. The van der Waals surface area contributed by atoms with Crippen LogP contribution in [-0.2, 0) is 7.05 Å². The molecule has 3 rings (SSSR count). The van der Waals surface area contributed by atoms with Crippen LogP contribution in [0.1, 0.15) is 16.1 Å². The van der Waals surface area contributed by atoms with Gasteiger partial charge in [0.1, 0.15) is 5.82 Å². The highest BCUT2D eigenvalue weighted by Crippen LogP contribution is 2.14. The number of halogens is 1. The largest absolute Gasteiger partial charge is 0.320 e. The molecule has 1 aromatic heterocycles. The van der Waals surface area contributed by atoms with Gasteiger partial charge in [0.05, 0.1) is 5.52 Å². The number of anilines is 1. The molecule has 0 aliphatic heterocycles. The van der Waals surface area contributed by atoms with Crippen LogP contribution in [0.2, 0.25) is 0 Å². The van der Waals surface area contributed by atoms with E-state index in [1.54, 1.807) is 50.4 Å². The van der Waals surface area contributed by atoms with Gasteiger partial charge in [-0.05, 0) is 36.8 Å². The second-order valence-corrected chi connectivity index (χ2v) is 5.24. The van der Waals surface area contributed by atoms with Crippen LogP contribution >= 0.6 is 0 Å². The van der Waals surface area contributed by atoms with Gasteiger partial charge in [-0.2, -0.15) is 5.10 Å². The Kier molecular flexibility index (Phi) is 3.65. The maximum atomic E-state index is 13.6. The molecule has 1 heterocycles. The minimum absolute atomic E-state index is 0.229. The molecule has 0 saturated heterocycles. The summed E-state index contributed by atoms with van der Waals surface area (Å²) in [4.78, 5) is 24.7. The number of carbonyl (C=O) groups excluding carboxylic acids is 1. The quantitative estimate of drug-likeness (QED) is 0.791. The van der Waals surface area contributed by atoms with Crippen molar-refractivity contribution in [2.45, 2.75) is 6.92 Å². The topological polar surface area (TPSA) is 64.0 Å². The van der Waals surface area contributed by atoms with Gasteiger partial charge in [0.2, 0.25) is 5.43 Å². The van der Waals surface area contributed by atoms with Crippen molar-refractivity contribution in [2.24, 2.45) is 7.05 Å². The summed E-state index contributed by atoms with van der Waals surface area (Å²) in [6.07, 6.45) is 0. The first-order chi connectivity index (χ1) is 11.0. The predicted octanol–water partition coefficient (Wildman–Crippen LogP) is 2.63. The van der Waals surface area contributed by atoms with E-state index in [4.69, 9.17) is 0 Å². The molecular formula is C17H14FN3O2. The zero-order chi connectivity index (χ0) is 16.6. The van der Waals surface area contributed by atoms with Gasteiger partial charge in [-0.25, -0.2) is 4.39 Å². The normalized spacial score (nSPS) is 10.7. The summed E-state index contributed by atoms with van der Waals surface area (Å²) >= 11 is 0. The van der Waals surface area contributed by atoms with E-state index in [0.717, 1.165) is 0 Å². The van der Waals surface area contributed by atoms with Crippen LogP contribution < -0.4 is 10.7 Å². The Bertz CT molecular complexity index is 979. The number of amides is 1. The molecule has 2 aromatic carbocycles. The number of fused-ring (bicyclic) bond motifs is 1. The van der Waals surface area contributed by atoms with Crippen LogP contribution in [0.5, 0.6) is 0 Å². The smallest absolute Gasteiger partial charge is 0.280 e. The number of aromatic nitrogens is 2. The van der Waals surface area contributed by atoms with Gasteiger partial charge in [0.15, 0.2) is 5.69 Å². The van der Waals surface area contributed by atoms with Crippen LogP contribution in [0.25, 0.3) is 10.9 Å². The third kappa shape index (κ3) is 2.70. The molecule has 0 fully saturated rings. The number of benzene rings is 2. The van der Waals surface area contributed by atoms with Crippen LogP contribution in [0, 0.1) is 12.7 Å². The second-order valence-electron chi connectivity index (χ2n) is 5.24. The molecule has 3 aromatic rings. The lowest BCUT2D eigenvalue weighted by molar-refractivity contribution is 0.101. The van der Waals surface area contributed by atoms with Crippen molar-refractivity contribution >= 4 is 22.5 Å². The van der Waals surface area contributed by atoms with Gasteiger partial charge < -0.3 is 5.32 Å². The average Bonchev–Trinajstić information content (AvgIpc) is 2.54. The number of carbonyl (C=O) groups is 1. The molecule has 0 radical (unpaired) electrons. The number of rotatable bonds is 2. The Morgan fingerprint density at radius 2 is 1.96 bits per heavy atom. The van der Waals surface area contributed by atoms with Crippen LogP contribution in [0.4, 0.5) is 10.1 Å². The lowest BCUT2D eigenvalue weighted by Gasteiger charge is -2.09. The maximum Gasteiger partial charge on any atom is 0.280 e. The van der Waals surface area contributed by atoms with E-state index >= 15 is 0 Å². The van der Waals surface area contributed by atoms with E-state index in [2.05, 4.69) is 10.4 Å². The van der Waals surface area contributed by atoms with Gasteiger partial charge in [0.25, 0.3) is 5.91 Å². The van der Waals surface area contributed by atoms with E-state index in [1.807, 2.05) is 0 Å². The Hall–Kier alpha value is -3.02. The second kappa shape index (κ2) is 5.64. The van der Waals surface area contributed by atoms with Crippen molar-refractivity contribution in [2.75, 3.05) is 5.32 Å². The summed E-state index contributed by atoms with van der Waals surface area (Å²) < 4.78 is 15.0. The lowest BCUT2D eigenvalue weighted by Crippen LogP contribution is -2.26. The number of hydrogen-bond donors (Lipinski definition) is 1. The molecule has 0 atom stereocenters. The molecule has 116 valence electrons. The molecule has 0 bridgehead atoms. The zero-order valence-corrected chi connectivity index (χ0v) is 12.6. The molecular weight excluding hydrogens is 297 g/mol. The molecule has 5 nitrogen and oxygen atoms in total. The van der Waals surface area contributed by atoms with Crippen LogP contribution in [0.15, 0.2) is 47.3 Å². The zero-order valence-electron chi connectivity index (χ0n) is 12.6. The SMILES string of the molecule is Cc1ccc(NC(=O)c2nn(C)c3ccccc3c2=O)cc1F. The van der Waals surface area contributed by atoms with Crippen molar-refractivity contribution in [3.8, 4) is 0 Å². The molecule has 0 unspecified atom stereocenters. The lowest BCUT2D eigenvalue weighted by atomic mass is 10.2. The van der Waals surface area contributed by atoms with Crippen molar-refractivity contribution in [3.63, 3.8) is 0 Å². The summed E-state index contributed by atoms with van der Waals surface area (Å²) in [5.41, 5.74) is 0.698. The van der Waals surface area contributed by atoms with Crippen molar-refractivity contribution in [1.29, 1.82) is 0 Å². The first-order valence-electron chi connectivity index (χ1n) is 7.01. The molecule has 0 aliphatic rings. The van der Waals surface area contributed by atoms with Gasteiger partial charge in [-0.1, -0.05) is 18.2 Å². The Morgan fingerprint density at radius 1 is 1.22 bits per heavy atom. The summed E-state index contributed by atoms with van der Waals surface area (Å²) in [6.45, 7) is 1.63. The summed E-state index contributed by atoms with van der Waals surface area (Å²) in [5, 5.41) is 6.95. The minimum Gasteiger partial charge on any atom is -0.320 e. The van der Waals surface area contributed by atoms with Crippen molar-refractivity contribution < 1.29 is 9.18 Å². The highest BCUT2D eigenvalue weighted by molar-refractivity contribution is 6.04. The molecule has 6 heteroatoms. The third-order valence-electron chi connectivity index (χ3n) is 3.61. The first kappa shape index (κ1) is 14.9. The maximum absolute atomic E-state index is 13.6. The predicted molar refractivity (Wildman–Crippen MR) is 86.1 cm³/mol. The van der Waals surface area contributed by atoms with Crippen LogP contribution in [0.3, 0.4) is 0 Å². The van der Waals surface area contributed by atoms with Crippen molar-refractivity contribution in [1.82, 2.24) is 9.78 Å². The van der Waals surface area contributed by atoms with E-state index in [9.17, 15) is 14.0 Å². The fraction of sp³-hybridized carbons (Fsp3) is 0.118. The Balaban J connectivity index is 2.02. The van der Waals surface area contributed by atoms with Gasteiger partial charge in [-0.3, -0.25) is 14.3 Å². The summed E-state index contributed by atoms with van der Waals surface area (Å²) in [6, 6.07) is 11.2. The van der Waals surface area contributed by atoms with E-state index in [1.165, 1.54) is 10.7 Å². The molecule has 1 amide bonds. The summed E-state index contributed by atoms with van der Waals surface area (Å²) in [7, 11) is 1.66.